The number of nitrogens with zero attached hydrogens (tertiary/aromatic N) is 4. The van der Waals surface area contributed by atoms with Crippen LogP contribution in [0.15, 0.2) is 6.20 Å². The number of piperidine rings is 1. The average molecular weight is 266 g/mol. The van der Waals surface area contributed by atoms with Crippen molar-refractivity contribution in [3.05, 3.63) is 16.3 Å². The van der Waals surface area contributed by atoms with E-state index in [0.717, 1.165) is 19.5 Å². The van der Waals surface area contributed by atoms with Gasteiger partial charge in [-0.15, -0.1) is 0 Å². The molecule has 0 aliphatic carbocycles. The van der Waals surface area contributed by atoms with Crippen molar-refractivity contribution < 1.29 is 4.92 Å². The second-order valence-corrected chi connectivity index (χ2v) is 4.99. The monoisotopic (exact) mass is 266 g/mol. The predicted octanol–water partition coefficient (Wildman–Crippen LogP) is 1.15. The van der Waals surface area contributed by atoms with Gasteiger partial charge < -0.3 is 4.90 Å². The Bertz CT molecular complexity index is 480. The molecule has 1 fully saturated rings. The Morgan fingerprint density at radius 1 is 1.53 bits per heavy atom. The van der Waals surface area contributed by atoms with Crippen LogP contribution in [0.25, 0.3) is 0 Å². The molecule has 1 aromatic rings. The van der Waals surface area contributed by atoms with Crippen LogP contribution in [-0.2, 0) is 0 Å². The zero-order valence-electron chi connectivity index (χ0n) is 11.0. The Balaban J connectivity index is 2.34. The molecule has 2 rings (SSSR count). The van der Waals surface area contributed by atoms with Crippen LogP contribution in [-0.4, -0.2) is 28.0 Å². The number of rotatable bonds is 3. The van der Waals surface area contributed by atoms with Gasteiger partial charge in [0.25, 0.3) is 0 Å². The first kappa shape index (κ1) is 13.5. The Labute approximate surface area is 111 Å². The molecule has 0 bridgehead atoms. The number of nitrogen functional groups attached to an aromatic ring is 1. The summed E-state index contributed by atoms with van der Waals surface area (Å²) >= 11 is 0. The third-order valence-corrected chi connectivity index (χ3v) is 3.71. The van der Waals surface area contributed by atoms with Gasteiger partial charge in [-0.05, 0) is 18.3 Å². The number of aromatic nitrogens is 2. The SMILES string of the molecule is CC1CCN(c2nc(NN)ncc2[N+](=O)[O-])CC1C. The molecule has 0 spiro atoms. The van der Waals surface area contributed by atoms with E-state index in [1.807, 2.05) is 4.90 Å². The van der Waals surface area contributed by atoms with Crippen LogP contribution < -0.4 is 16.2 Å². The van der Waals surface area contributed by atoms with Crippen LogP contribution in [0.1, 0.15) is 20.3 Å². The summed E-state index contributed by atoms with van der Waals surface area (Å²) in [6, 6.07) is 0. The summed E-state index contributed by atoms with van der Waals surface area (Å²) < 4.78 is 0. The van der Waals surface area contributed by atoms with Gasteiger partial charge in [-0.2, -0.15) is 4.98 Å². The summed E-state index contributed by atoms with van der Waals surface area (Å²) in [5.74, 6) is 6.87. The van der Waals surface area contributed by atoms with Gasteiger partial charge >= 0.3 is 5.69 Å². The molecular weight excluding hydrogens is 248 g/mol. The van der Waals surface area contributed by atoms with Crippen LogP contribution in [0.4, 0.5) is 17.5 Å². The number of hydrazine groups is 1. The van der Waals surface area contributed by atoms with Crippen LogP contribution in [0.5, 0.6) is 0 Å². The number of nitrogens with one attached hydrogen (secondary N) is 1. The minimum Gasteiger partial charge on any atom is -0.350 e. The van der Waals surface area contributed by atoms with Gasteiger partial charge in [0.05, 0.1) is 4.92 Å². The fourth-order valence-corrected chi connectivity index (χ4v) is 2.25. The van der Waals surface area contributed by atoms with Gasteiger partial charge in [-0.1, -0.05) is 13.8 Å². The molecule has 8 heteroatoms. The quantitative estimate of drug-likeness (QED) is 0.479. The molecule has 1 aromatic heterocycles. The number of nitrogens with two attached hydrogens (primary N) is 1. The molecule has 0 radical (unpaired) electrons. The lowest BCUT2D eigenvalue weighted by molar-refractivity contribution is -0.384. The molecule has 3 N–H and O–H groups in total. The standard InChI is InChI=1S/C11H18N6O2/c1-7-3-4-16(6-8(7)2)10-9(17(18)19)5-13-11(14-10)15-12/h5,7-8H,3-4,6,12H2,1-2H3,(H,13,14,15). The maximum atomic E-state index is 11.1. The van der Waals surface area contributed by atoms with E-state index in [2.05, 4.69) is 29.2 Å². The predicted molar refractivity (Wildman–Crippen MR) is 71.7 cm³/mol. The van der Waals surface area contributed by atoms with E-state index in [9.17, 15) is 10.1 Å². The van der Waals surface area contributed by atoms with Gasteiger partial charge in [0.1, 0.15) is 6.20 Å². The van der Waals surface area contributed by atoms with Crippen molar-refractivity contribution >= 4 is 17.5 Å². The van der Waals surface area contributed by atoms with Gasteiger partial charge in [0.15, 0.2) is 0 Å². The molecule has 0 aromatic carbocycles. The van der Waals surface area contributed by atoms with E-state index in [1.165, 1.54) is 6.20 Å². The lowest BCUT2D eigenvalue weighted by Crippen LogP contribution is -2.39. The summed E-state index contributed by atoms with van der Waals surface area (Å²) in [6.45, 7) is 5.85. The molecule has 104 valence electrons. The van der Waals surface area contributed by atoms with E-state index < -0.39 is 4.92 Å². The maximum Gasteiger partial charge on any atom is 0.329 e. The molecule has 2 atom stereocenters. The highest BCUT2D eigenvalue weighted by atomic mass is 16.6. The molecule has 8 nitrogen and oxygen atoms in total. The lowest BCUT2D eigenvalue weighted by atomic mass is 9.89. The van der Waals surface area contributed by atoms with Gasteiger partial charge in [0.2, 0.25) is 11.8 Å². The zero-order chi connectivity index (χ0) is 14.0. The molecule has 2 unspecified atom stereocenters. The molecule has 1 saturated heterocycles. The summed E-state index contributed by atoms with van der Waals surface area (Å²) in [6.07, 6.45) is 2.19. The Morgan fingerprint density at radius 3 is 2.84 bits per heavy atom. The van der Waals surface area contributed by atoms with E-state index in [4.69, 9.17) is 5.84 Å². The minimum absolute atomic E-state index is 0.0826. The third-order valence-electron chi connectivity index (χ3n) is 3.71. The second kappa shape index (κ2) is 5.35. The number of anilines is 2. The summed E-state index contributed by atoms with van der Waals surface area (Å²) in [7, 11) is 0. The Kier molecular flexibility index (Phi) is 3.79. The normalized spacial score (nSPS) is 23.2. The molecular formula is C11H18N6O2. The largest absolute Gasteiger partial charge is 0.350 e. The van der Waals surface area contributed by atoms with Crippen LogP contribution >= 0.6 is 0 Å². The molecule has 0 saturated carbocycles. The van der Waals surface area contributed by atoms with Crippen molar-refractivity contribution in [3.63, 3.8) is 0 Å². The highest BCUT2D eigenvalue weighted by Gasteiger charge is 2.29. The van der Waals surface area contributed by atoms with E-state index >= 15 is 0 Å². The minimum atomic E-state index is -0.460. The van der Waals surface area contributed by atoms with Crippen LogP contribution in [0.3, 0.4) is 0 Å². The molecule has 19 heavy (non-hydrogen) atoms. The second-order valence-electron chi connectivity index (χ2n) is 4.99. The fraction of sp³-hybridized carbons (Fsp3) is 0.636. The first-order valence-corrected chi connectivity index (χ1v) is 6.26. The highest BCUT2D eigenvalue weighted by molar-refractivity contribution is 5.59. The summed E-state index contributed by atoms with van der Waals surface area (Å²) in [4.78, 5) is 20.5. The van der Waals surface area contributed by atoms with Gasteiger partial charge in [-0.25, -0.2) is 10.8 Å². The smallest absolute Gasteiger partial charge is 0.329 e. The van der Waals surface area contributed by atoms with E-state index in [-0.39, 0.29) is 11.6 Å². The fourth-order valence-electron chi connectivity index (χ4n) is 2.25. The van der Waals surface area contributed by atoms with Crippen molar-refractivity contribution in [2.45, 2.75) is 20.3 Å². The number of hydrogen-bond acceptors (Lipinski definition) is 7. The molecule has 1 aliphatic rings. The number of nitro groups is 1. The van der Waals surface area contributed by atoms with Crippen LogP contribution in [0.2, 0.25) is 0 Å². The molecule has 1 aliphatic heterocycles. The number of hydrogen-bond donors (Lipinski definition) is 2. The first-order valence-electron chi connectivity index (χ1n) is 6.26. The summed E-state index contributed by atoms with van der Waals surface area (Å²) in [5, 5.41) is 11.1. The first-order chi connectivity index (χ1) is 9.02. The van der Waals surface area contributed by atoms with E-state index in [0.29, 0.717) is 17.7 Å². The lowest BCUT2D eigenvalue weighted by Gasteiger charge is -2.35. The van der Waals surface area contributed by atoms with E-state index in [1.54, 1.807) is 0 Å². The van der Waals surface area contributed by atoms with Crippen LogP contribution in [0, 0.1) is 22.0 Å². The molecule has 2 heterocycles. The highest BCUT2D eigenvalue weighted by Crippen LogP contribution is 2.31. The Morgan fingerprint density at radius 2 is 2.26 bits per heavy atom. The maximum absolute atomic E-state index is 11.1. The summed E-state index contributed by atoms with van der Waals surface area (Å²) in [5.41, 5.74) is 2.24. The Hall–Kier alpha value is -1.96. The van der Waals surface area contributed by atoms with Gasteiger partial charge in [0, 0.05) is 13.1 Å². The topological polar surface area (TPSA) is 110 Å². The van der Waals surface area contributed by atoms with Crippen molar-refractivity contribution in [3.8, 4) is 0 Å². The van der Waals surface area contributed by atoms with Crippen molar-refractivity contribution in [1.82, 2.24) is 9.97 Å². The molecule has 0 amide bonds. The van der Waals surface area contributed by atoms with Gasteiger partial charge in [-0.3, -0.25) is 15.5 Å². The van der Waals surface area contributed by atoms with Crippen molar-refractivity contribution in [1.29, 1.82) is 0 Å². The van der Waals surface area contributed by atoms with Crippen molar-refractivity contribution in [2.24, 2.45) is 17.7 Å². The average Bonchev–Trinajstić information content (AvgIpc) is 2.41. The third kappa shape index (κ3) is 2.73. The zero-order valence-corrected chi connectivity index (χ0v) is 11.0. The van der Waals surface area contributed by atoms with Crippen molar-refractivity contribution in [2.75, 3.05) is 23.4 Å².